The van der Waals surface area contributed by atoms with E-state index in [1.165, 1.54) is 11.3 Å². The maximum atomic E-state index is 11.8. The highest BCUT2D eigenvalue weighted by atomic mass is 32.1. The van der Waals surface area contributed by atoms with Crippen LogP contribution in [0.5, 0.6) is 0 Å². The third-order valence-electron chi connectivity index (χ3n) is 2.10. The Hall–Kier alpha value is -2.19. The molecule has 17 heavy (non-hydrogen) atoms. The lowest BCUT2D eigenvalue weighted by Crippen LogP contribution is -2.11. The second kappa shape index (κ2) is 4.76. The van der Waals surface area contributed by atoms with Gasteiger partial charge in [-0.15, -0.1) is 11.3 Å². The molecule has 1 N–H and O–H groups in total. The highest BCUT2D eigenvalue weighted by Gasteiger charge is 2.08. The van der Waals surface area contributed by atoms with Crippen molar-refractivity contribution in [2.75, 3.05) is 5.32 Å². The van der Waals surface area contributed by atoms with Gasteiger partial charge in [-0.25, -0.2) is 4.98 Å². The Morgan fingerprint density at radius 3 is 3.00 bits per heavy atom. The number of aryl methyl sites for hydroxylation is 1. The molecule has 0 radical (unpaired) electrons. The van der Waals surface area contributed by atoms with Crippen LogP contribution in [0.1, 0.15) is 20.8 Å². The fraction of sp³-hybridized carbons (Fsp3) is 0.0833. The molecule has 4 nitrogen and oxygen atoms in total. The van der Waals surface area contributed by atoms with Crippen molar-refractivity contribution in [3.63, 3.8) is 0 Å². The van der Waals surface area contributed by atoms with E-state index < -0.39 is 0 Å². The molecule has 0 aliphatic heterocycles. The zero-order valence-corrected chi connectivity index (χ0v) is 9.91. The van der Waals surface area contributed by atoms with E-state index in [0.29, 0.717) is 16.3 Å². The van der Waals surface area contributed by atoms with Crippen LogP contribution in [0.2, 0.25) is 0 Å². The third-order valence-corrected chi connectivity index (χ3v) is 2.92. The van der Waals surface area contributed by atoms with Gasteiger partial charge in [0.1, 0.15) is 0 Å². The summed E-state index contributed by atoms with van der Waals surface area (Å²) < 4.78 is 0. The minimum absolute atomic E-state index is 0.253. The molecule has 0 aliphatic rings. The first-order valence-corrected chi connectivity index (χ1v) is 5.74. The van der Waals surface area contributed by atoms with Crippen LogP contribution in [-0.4, -0.2) is 10.9 Å². The predicted octanol–water partition coefficient (Wildman–Crippen LogP) is 2.58. The summed E-state index contributed by atoms with van der Waals surface area (Å²) in [5, 5.41) is 12.0. The van der Waals surface area contributed by atoms with Crippen LogP contribution in [0.4, 0.5) is 5.13 Å². The fourth-order valence-electron chi connectivity index (χ4n) is 1.31. The monoisotopic (exact) mass is 243 g/mol. The van der Waals surface area contributed by atoms with Crippen molar-refractivity contribution in [1.82, 2.24) is 4.98 Å². The van der Waals surface area contributed by atoms with Crippen LogP contribution in [0, 0.1) is 18.3 Å². The van der Waals surface area contributed by atoms with Crippen molar-refractivity contribution in [2.24, 2.45) is 0 Å². The van der Waals surface area contributed by atoms with Crippen molar-refractivity contribution >= 4 is 22.4 Å². The smallest absolute Gasteiger partial charge is 0.257 e. The second-order valence-electron chi connectivity index (χ2n) is 3.42. The summed E-state index contributed by atoms with van der Waals surface area (Å²) >= 11 is 1.41. The van der Waals surface area contributed by atoms with Gasteiger partial charge in [0.2, 0.25) is 0 Å². The first kappa shape index (κ1) is 11.3. The average molecular weight is 243 g/mol. The Bertz CT molecular complexity index is 598. The Morgan fingerprint density at radius 1 is 1.53 bits per heavy atom. The number of nitriles is 1. The van der Waals surface area contributed by atoms with E-state index in [1.807, 2.05) is 13.0 Å². The van der Waals surface area contributed by atoms with E-state index in [0.717, 1.165) is 4.88 Å². The SMILES string of the molecule is Cc1cnc(NC(=O)c2cccc(C#N)c2)s1. The molecule has 2 aromatic rings. The van der Waals surface area contributed by atoms with Crippen molar-refractivity contribution in [2.45, 2.75) is 6.92 Å². The molecule has 0 bridgehead atoms. The molecule has 1 heterocycles. The first-order chi connectivity index (χ1) is 8.19. The fourth-order valence-corrected chi connectivity index (χ4v) is 1.97. The second-order valence-corrected chi connectivity index (χ2v) is 4.66. The number of hydrogen-bond donors (Lipinski definition) is 1. The summed E-state index contributed by atoms with van der Waals surface area (Å²) in [6.45, 7) is 1.92. The third kappa shape index (κ3) is 2.68. The van der Waals surface area contributed by atoms with Crippen LogP contribution in [0.3, 0.4) is 0 Å². The average Bonchev–Trinajstić information content (AvgIpc) is 2.75. The van der Waals surface area contributed by atoms with Crippen molar-refractivity contribution < 1.29 is 4.79 Å². The molecule has 84 valence electrons. The van der Waals surface area contributed by atoms with E-state index in [-0.39, 0.29) is 5.91 Å². The van der Waals surface area contributed by atoms with E-state index >= 15 is 0 Å². The number of nitrogens with zero attached hydrogens (tertiary/aromatic N) is 2. The summed E-state index contributed by atoms with van der Waals surface area (Å²) in [7, 11) is 0. The van der Waals surface area contributed by atoms with Gasteiger partial charge in [0.05, 0.1) is 11.6 Å². The standard InChI is InChI=1S/C12H9N3OS/c1-8-7-14-12(17-8)15-11(16)10-4-2-3-9(5-10)6-13/h2-5,7H,1H3,(H,14,15,16). The summed E-state index contributed by atoms with van der Waals surface area (Å²) in [4.78, 5) is 16.9. The number of thiazole rings is 1. The number of rotatable bonds is 2. The number of nitrogens with one attached hydrogen (secondary N) is 1. The molecule has 0 fully saturated rings. The lowest BCUT2D eigenvalue weighted by molar-refractivity contribution is 0.102. The van der Waals surface area contributed by atoms with Crippen molar-refractivity contribution in [3.8, 4) is 6.07 Å². The van der Waals surface area contributed by atoms with Gasteiger partial charge in [-0.3, -0.25) is 10.1 Å². The number of benzene rings is 1. The van der Waals surface area contributed by atoms with Gasteiger partial charge in [-0.1, -0.05) is 6.07 Å². The van der Waals surface area contributed by atoms with Crippen LogP contribution < -0.4 is 5.32 Å². The van der Waals surface area contributed by atoms with E-state index in [9.17, 15) is 4.79 Å². The highest BCUT2D eigenvalue weighted by molar-refractivity contribution is 7.15. The number of amides is 1. The van der Waals surface area contributed by atoms with Gasteiger partial charge in [0.25, 0.3) is 5.91 Å². The maximum Gasteiger partial charge on any atom is 0.257 e. The van der Waals surface area contributed by atoms with Gasteiger partial charge in [0.15, 0.2) is 5.13 Å². The molecule has 0 unspecified atom stereocenters. The Labute approximate surface area is 103 Å². The van der Waals surface area contributed by atoms with E-state index in [1.54, 1.807) is 30.5 Å². The maximum absolute atomic E-state index is 11.8. The van der Waals surface area contributed by atoms with Crippen molar-refractivity contribution in [1.29, 1.82) is 5.26 Å². The van der Waals surface area contributed by atoms with Gasteiger partial charge < -0.3 is 0 Å². The number of carbonyl (C=O) groups excluding carboxylic acids is 1. The van der Waals surface area contributed by atoms with E-state index in [2.05, 4.69) is 10.3 Å². The minimum Gasteiger partial charge on any atom is -0.298 e. The molecule has 0 aliphatic carbocycles. The predicted molar refractivity (Wildman–Crippen MR) is 66.0 cm³/mol. The molecule has 2 rings (SSSR count). The van der Waals surface area contributed by atoms with Gasteiger partial charge >= 0.3 is 0 Å². The summed E-state index contributed by atoms with van der Waals surface area (Å²) in [6.07, 6.45) is 1.70. The van der Waals surface area contributed by atoms with Crippen LogP contribution in [0.15, 0.2) is 30.5 Å². The first-order valence-electron chi connectivity index (χ1n) is 4.93. The lowest BCUT2D eigenvalue weighted by Gasteiger charge is -2.01. The summed E-state index contributed by atoms with van der Waals surface area (Å²) in [5.74, 6) is -0.253. The molecular weight excluding hydrogens is 234 g/mol. The van der Waals surface area contributed by atoms with Crippen LogP contribution in [0.25, 0.3) is 0 Å². The highest BCUT2D eigenvalue weighted by Crippen LogP contribution is 2.17. The van der Waals surface area contributed by atoms with Gasteiger partial charge in [-0.05, 0) is 25.1 Å². The molecule has 0 saturated heterocycles. The normalized spacial score (nSPS) is 9.65. The molecule has 1 aromatic carbocycles. The molecule has 0 atom stereocenters. The van der Waals surface area contributed by atoms with Gasteiger partial charge in [-0.2, -0.15) is 5.26 Å². The molecule has 0 saturated carbocycles. The molecular formula is C12H9N3OS. The van der Waals surface area contributed by atoms with E-state index in [4.69, 9.17) is 5.26 Å². The van der Waals surface area contributed by atoms with Crippen LogP contribution >= 0.6 is 11.3 Å². The molecule has 5 heteroatoms. The molecule has 0 spiro atoms. The largest absolute Gasteiger partial charge is 0.298 e. The number of hydrogen-bond acceptors (Lipinski definition) is 4. The molecule has 1 aromatic heterocycles. The lowest BCUT2D eigenvalue weighted by atomic mass is 10.1. The Kier molecular flexibility index (Phi) is 3.17. The number of aromatic nitrogens is 1. The summed E-state index contributed by atoms with van der Waals surface area (Å²) in [6, 6.07) is 8.55. The number of anilines is 1. The minimum atomic E-state index is -0.253. The zero-order chi connectivity index (χ0) is 12.3. The van der Waals surface area contributed by atoms with Gasteiger partial charge in [0, 0.05) is 16.6 Å². The zero-order valence-electron chi connectivity index (χ0n) is 9.10. The Morgan fingerprint density at radius 2 is 2.35 bits per heavy atom. The summed E-state index contributed by atoms with van der Waals surface area (Å²) in [5.41, 5.74) is 0.921. The quantitative estimate of drug-likeness (QED) is 0.881. The topological polar surface area (TPSA) is 65.8 Å². The Balaban J connectivity index is 2.17. The molecule has 1 amide bonds. The van der Waals surface area contributed by atoms with Crippen molar-refractivity contribution in [3.05, 3.63) is 46.5 Å². The van der Waals surface area contributed by atoms with Crippen LogP contribution in [-0.2, 0) is 0 Å². The number of carbonyl (C=O) groups is 1.